The summed E-state index contributed by atoms with van der Waals surface area (Å²) >= 11 is 0. The SMILES string of the molecule is COc1ccc(C(=O)N2CCC3(C2)Nc2cccnc2NC3=NC2CCCC2)cn1. The molecule has 2 aliphatic heterocycles. The van der Waals surface area contributed by atoms with E-state index in [1.165, 1.54) is 12.8 Å². The van der Waals surface area contributed by atoms with Crippen LogP contribution in [0.2, 0.25) is 0 Å². The number of hydrogen-bond acceptors (Lipinski definition) is 6. The Morgan fingerprint density at radius 1 is 1.27 bits per heavy atom. The van der Waals surface area contributed by atoms with E-state index in [1.807, 2.05) is 17.0 Å². The standard InChI is InChI=1S/C22H26N6O2/c1-30-18-9-8-15(13-24-18)20(29)28-12-10-22(14-28)21(25-16-5-2-3-6-16)26-19-17(27-22)7-4-11-23-19/h4,7-9,11,13,16,27H,2-3,5-6,10,12,14H2,1H3,(H,23,25,26). The summed E-state index contributed by atoms with van der Waals surface area (Å²) in [5, 5.41) is 7.15. The summed E-state index contributed by atoms with van der Waals surface area (Å²) in [6.07, 6.45) is 8.84. The smallest absolute Gasteiger partial charge is 0.255 e. The first kappa shape index (κ1) is 18.8. The van der Waals surface area contributed by atoms with E-state index in [1.54, 1.807) is 31.6 Å². The quantitative estimate of drug-likeness (QED) is 0.814. The number of amidine groups is 1. The van der Waals surface area contributed by atoms with Crippen molar-refractivity contribution in [1.29, 1.82) is 0 Å². The summed E-state index contributed by atoms with van der Waals surface area (Å²) in [5.41, 5.74) is 1.09. The second-order valence-electron chi connectivity index (χ2n) is 8.21. The molecule has 8 nitrogen and oxygen atoms in total. The van der Waals surface area contributed by atoms with Crippen molar-refractivity contribution in [3.63, 3.8) is 0 Å². The molecule has 5 rings (SSSR count). The summed E-state index contributed by atoms with van der Waals surface area (Å²) in [5.74, 6) is 2.17. The molecule has 1 saturated heterocycles. The Morgan fingerprint density at radius 3 is 2.90 bits per heavy atom. The molecule has 0 radical (unpaired) electrons. The van der Waals surface area contributed by atoms with E-state index in [0.29, 0.717) is 30.6 Å². The van der Waals surface area contributed by atoms with Gasteiger partial charge in [0.05, 0.1) is 30.9 Å². The van der Waals surface area contributed by atoms with Gasteiger partial charge in [-0.1, -0.05) is 12.8 Å². The number of carbonyl (C=O) groups excluding carboxylic acids is 1. The topological polar surface area (TPSA) is 91.7 Å². The van der Waals surface area contributed by atoms with Gasteiger partial charge in [0.25, 0.3) is 5.91 Å². The number of ether oxygens (including phenoxy) is 1. The largest absolute Gasteiger partial charge is 0.481 e. The van der Waals surface area contributed by atoms with Crippen molar-refractivity contribution in [2.45, 2.75) is 43.7 Å². The van der Waals surface area contributed by atoms with E-state index in [4.69, 9.17) is 9.73 Å². The van der Waals surface area contributed by atoms with Gasteiger partial charge < -0.3 is 20.3 Å². The summed E-state index contributed by atoms with van der Waals surface area (Å²) < 4.78 is 5.10. The monoisotopic (exact) mass is 406 g/mol. The number of pyridine rings is 2. The molecule has 2 aromatic rings. The minimum atomic E-state index is -0.422. The number of fused-ring (bicyclic) bond motifs is 1. The van der Waals surface area contributed by atoms with Crippen LogP contribution < -0.4 is 15.4 Å². The van der Waals surface area contributed by atoms with Gasteiger partial charge >= 0.3 is 0 Å². The van der Waals surface area contributed by atoms with Gasteiger partial charge in [-0.15, -0.1) is 0 Å². The molecule has 8 heteroatoms. The molecule has 3 aliphatic rings. The average molecular weight is 406 g/mol. The maximum atomic E-state index is 13.1. The molecule has 1 atom stereocenters. The van der Waals surface area contributed by atoms with E-state index in [0.717, 1.165) is 36.6 Å². The first-order valence-corrected chi connectivity index (χ1v) is 10.5. The number of likely N-dealkylation sites (tertiary alicyclic amines) is 1. The summed E-state index contributed by atoms with van der Waals surface area (Å²) in [4.78, 5) is 28.7. The molecule has 4 heterocycles. The number of carbonyl (C=O) groups is 1. The maximum Gasteiger partial charge on any atom is 0.255 e. The molecule has 1 aliphatic carbocycles. The van der Waals surface area contributed by atoms with Crippen LogP contribution in [-0.2, 0) is 0 Å². The zero-order valence-electron chi connectivity index (χ0n) is 17.1. The van der Waals surface area contributed by atoms with Crippen molar-refractivity contribution < 1.29 is 9.53 Å². The van der Waals surface area contributed by atoms with Crippen molar-refractivity contribution >= 4 is 23.2 Å². The lowest BCUT2D eigenvalue weighted by atomic mass is 9.93. The Hall–Kier alpha value is -3.16. The highest BCUT2D eigenvalue weighted by atomic mass is 16.5. The van der Waals surface area contributed by atoms with Crippen LogP contribution >= 0.6 is 0 Å². The van der Waals surface area contributed by atoms with Crippen molar-refractivity contribution in [2.75, 3.05) is 30.8 Å². The summed E-state index contributed by atoms with van der Waals surface area (Å²) in [6, 6.07) is 7.75. The Balaban J connectivity index is 1.43. The predicted molar refractivity (Wildman–Crippen MR) is 115 cm³/mol. The number of aromatic nitrogens is 2. The Morgan fingerprint density at radius 2 is 2.13 bits per heavy atom. The van der Waals surface area contributed by atoms with E-state index < -0.39 is 5.54 Å². The van der Waals surface area contributed by atoms with Crippen LogP contribution in [0, 0.1) is 0 Å². The fourth-order valence-corrected chi connectivity index (χ4v) is 4.61. The normalized spacial score (nSPS) is 24.6. The van der Waals surface area contributed by atoms with Gasteiger partial charge in [0, 0.05) is 25.0 Å². The summed E-state index contributed by atoms with van der Waals surface area (Å²) in [6.45, 7) is 1.20. The average Bonchev–Trinajstić information content (AvgIpc) is 3.45. The number of hydrogen-bond donors (Lipinski definition) is 2. The first-order valence-electron chi connectivity index (χ1n) is 10.5. The minimum Gasteiger partial charge on any atom is -0.481 e. The summed E-state index contributed by atoms with van der Waals surface area (Å²) in [7, 11) is 1.56. The van der Waals surface area contributed by atoms with Crippen molar-refractivity contribution in [3.8, 4) is 5.88 Å². The fraction of sp³-hybridized carbons (Fsp3) is 0.455. The van der Waals surface area contributed by atoms with E-state index in [-0.39, 0.29) is 5.91 Å². The van der Waals surface area contributed by atoms with Gasteiger partial charge in [-0.25, -0.2) is 9.97 Å². The number of methoxy groups -OCH3 is 1. The Labute approximate surface area is 175 Å². The highest BCUT2D eigenvalue weighted by Crippen LogP contribution is 2.36. The minimum absolute atomic E-state index is 0.0268. The van der Waals surface area contributed by atoms with Gasteiger partial charge in [-0.05, 0) is 37.5 Å². The van der Waals surface area contributed by atoms with E-state index >= 15 is 0 Å². The van der Waals surface area contributed by atoms with Gasteiger partial charge in [-0.3, -0.25) is 9.79 Å². The molecule has 2 aromatic heterocycles. The third kappa shape index (κ3) is 3.36. The molecule has 0 aromatic carbocycles. The van der Waals surface area contributed by atoms with Crippen LogP contribution in [-0.4, -0.2) is 58.4 Å². The molecular weight excluding hydrogens is 380 g/mol. The third-order valence-electron chi connectivity index (χ3n) is 6.26. The van der Waals surface area contributed by atoms with Gasteiger partial charge in [-0.2, -0.15) is 0 Å². The molecule has 1 spiro atoms. The molecular formula is C22H26N6O2. The molecule has 1 amide bonds. The van der Waals surface area contributed by atoms with Crippen molar-refractivity contribution in [3.05, 3.63) is 42.2 Å². The second kappa shape index (κ2) is 7.59. The lowest BCUT2D eigenvalue weighted by molar-refractivity contribution is 0.0789. The van der Waals surface area contributed by atoms with Crippen LogP contribution in [0.15, 0.2) is 41.7 Å². The Bertz CT molecular complexity index is 970. The van der Waals surface area contributed by atoms with Crippen molar-refractivity contribution in [2.24, 2.45) is 4.99 Å². The number of aliphatic imine (C=N–C) groups is 1. The molecule has 1 unspecified atom stereocenters. The molecule has 0 bridgehead atoms. The van der Waals surface area contributed by atoms with E-state index in [9.17, 15) is 4.79 Å². The molecule has 156 valence electrons. The molecule has 30 heavy (non-hydrogen) atoms. The number of nitrogens with one attached hydrogen (secondary N) is 2. The highest BCUT2D eigenvalue weighted by Gasteiger charge is 2.47. The Kier molecular flexibility index (Phi) is 4.77. The molecule has 1 saturated carbocycles. The van der Waals surface area contributed by atoms with E-state index in [2.05, 4.69) is 20.6 Å². The number of nitrogens with zero attached hydrogens (tertiary/aromatic N) is 4. The number of rotatable bonds is 3. The van der Waals surface area contributed by atoms with Crippen molar-refractivity contribution in [1.82, 2.24) is 14.9 Å². The third-order valence-corrected chi connectivity index (χ3v) is 6.26. The zero-order chi connectivity index (χ0) is 20.6. The number of anilines is 2. The fourth-order valence-electron chi connectivity index (χ4n) is 4.61. The van der Waals surface area contributed by atoms with Gasteiger partial charge in [0.1, 0.15) is 11.4 Å². The molecule has 2 fully saturated rings. The van der Waals surface area contributed by atoms with Crippen LogP contribution in [0.5, 0.6) is 5.88 Å². The number of amides is 1. The molecule has 2 N–H and O–H groups in total. The second-order valence-corrected chi connectivity index (χ2v) is 8.21. The predicted octanol–water partition coefficient (Wildman–Crippen LogP) is 2.95. The highest BCUT2D eigenvalue weighted by molar-refractivity contribution is 6.09. The lowest BCUT2D eigenvalue weighted by Gasteiger charge is -2.38. The van der Waals surface area contributed by atoms with Crippen LogP contribution in [0.4, 0.5) is 11.5 Å². The lowest BCUT2D eigenvalue weighted by Crippen LogP contribution is -2.55. The maximum absolute atomic E-state index is 13.1. The zero-order valence-corrected chi connectivity index (χ0v) is 17.1. The van der Waals surface area contributed by atoms with Gasteiger partial charge in [0.2, 0.25) is 5.88 Å². The van der Waals surface area contributed by atoms with Crippen LogP contribution in [0.25, 0.3) is 0 Å². The van der Waals surface area contributed by atoms with Gasteiger partial charge in [0.15, 0.2) is 5.82 Å². The van der Waals surface area contributed by atoms with Crippen LogP contribution in [0.1, 0.15) is 42.5 Å². The van der Waals surface area contributed by atoms with Crippen LogP contribution in [0.3, 0.4) is 0 Å². The first-order chi connectivity index (χ1) is 14.7.